The van der Waals surface area contributed by atoms with Crippen LogP contribution in [0, 0.1) is 0 Å². The van der Waals surface area contributed by atoms with E-state index in [2.05, 4.69) is 15.6 Å². The molecule has 0 unspecified atom stereocenters. The number of carbonyl (C=O) groups excluding carboxylic acids is 2. The number of benzene rings is 1. The summed E-state index contributed by atoms with van der Waals surface area (Å²) in [7, 11) is 1.45. The van der Waals surface area contributed by atoms with E-state index in [4.69, 9.17) is 9.47 Å². The Morgan fingerprint density at radius 2 is 2.41 bits per heavy atom. The minimum Gasteiger partial charge on any atom is -0.482 e. The van der Waals surface area contributed by atoms with E-state index in [9.17, 15) is 9.59 Å². The summed E-state index contributed by atoms with van der Waals surface area (Å²) in [5.41, 5.74) is 2.15. The largest absolute Gasteiger partial charge is 0.482 e. The second-order valence-corrected chi connectivity index (χ2v) is 5.42. The summed E-state index contributed by atoms with van der Waals surface area (Å²) in [6.45, 7) is 0.00978. The minimum atomic E-state index is -0.255. The summed E-state index contributed by atoms with van der Waals surface area (Å²) in [5, 5.41) is 7.73. The van der Waals surface area contributed by atoms with Gasteiger partial charge in [0.05, 0.1) is 11.4 Å². The maximum atomic E-state index is 11.5. The van der Waals surface area contributed by atoms with Crippen molar-refractivity contribution in [2.45, 2.75) is 0 Å². The highest BCUT2D eigenvalue weighted by Crippen LogP contribution is 2.33. The van der Waals surface area contributed by atoms with Gasteiger partial charge in [0.2, 0.25) is 0 Å². The van der Waals surface area contributed by atoms with Gasteiger partial charge in [-0.3, -0.25) is 14.9 Å². The summed E-state index contributed by atoms with van der Waals surface area (Å²) in [5.74, 6) is 0.192. The van der Waals surface area contributed by atoms with Crippen LogP contribution >= 0.6 is 11.3 Å². The fraction of sp³-hybridized carbons (Fsp3) is 0.214. The van der Waals surface area contributed by atoms with Gasteiger partial charge in [0, 0.05) is 18.1 Å². The SMILES string of the molecule is COCC(=O)Nc1nc(-c2ccc3c(c2)NC(=O)CO3)cs1. The van der Waals surface area contributed by atoms with E-state index in [1.807, 2.05) is 11.4 Å². The molecule has 1 aromatic carbocycles. The molecule has 0 atom stereocenters. The summed E-state index contributed by atoms with van der Waals surface area (Å²) in [6.07, 6.45) is 0. The maximum Gasteiger partial charge on any atom is 0.262 e. The number of ether oxygens (including phenoxy) is 2. The third-order valence-electron chi connectivity index (χ3n) is 2.93. The first kappa shape index (κ1) is 14.5. The van der Waals surface area contributed by atoms with Gasteiger partial charge in [-0.2, -0.15) is 0 Å². The van der Waals surface area contributed by atoms with Gasteiger partial charge in [-0.05, 0) is 18.2 Å². The number of aromatic nitrogens is 1. The molecule has 1 aliphatic rings. The van der Waals surface area contributed by atoms with Crippen LogP contribution in [0.4, 0.5) is 10.8 Å². The number of amides is 2. The molecule has 1 aliphatic heterocycles. The molecule has 2 aromatic rings. The Morgan fingerprint density at radius 3 is 3.23 bits per heavy atom. The highest BCUT2D eigenvalue weighted by Gasteiger charge is 2.17. The summed E-state index contributed by atoms with van der Waals surface area (Å²) in [6, 6.07) is 5.43. The Kier molecular flexibility index (Phi) is 4.03. The lowest BCUT2D eigenvalue weighted by molar-refractivity contribution is -0.120. The number of fused-ring (bicyclic) bond motifs is 1. The number of nitrogens with zero attached hydrogens (tertiary/aromatic N) is 1. The lowest BCUT2D eigenvalue weighted by Gasteiger charge is -2.18. The first-order valence-corrected chi connectivity index (χ1v) is 7.35. The molecule has 0 radical (unpaired) electrons. The van der Waals surface area contributed by atoms with Crippen molar-refractivity contribution in [3.63, 3.8) is 0 Å². The molecule has 0 spiro atoms. The van der Waals surface area contributed by atoms with Crippen LogP contribution in [0.1, 0.15) is 0 Å². The van der Waals surface area contributed by atoms with Crippen LogP contribution in [0.2, 0.25) is 0 Å². The smallest absolute Gasteiger partial charge is 0.262 e. The van der Waals surface area contributed by atoms with E-state index in [0.717, 1.165) is 5.56 Å². The molecule has 0 saturated carbocycles. The number of thiazole rings is 1. The Bertz CT molecular complexity index is 729. The first-order chi connectivity index (χ1) is 10.7. The molecule has 0 saturated heterocycles. The molecular formula is C14H13N3O4S. The van der Waals surface area contributed by atoms with Crippen molar-refractivity contribution >= 4 is 34.0 Å². The fourth-order valence-electron chi connectivity index (χ4n) is 1.99. The third-order valence-corrected chi connectivity index (χ3v) is 3.69. The lowest BCUT2D eigenvalue weighted by Crippen LogP contribution is -2.25. The van der Waals surface area contributed by atoms with E-state index in [1.54, 1.807) is 12.1 Å². The third kappa shape index (κ3) is 3.07. The summed E-state index contributed by atoms with van der Waals surface area (Å²) >= 11 is 1.32. The quantitative estimate of drug-likeness (QED) is 0.896. The van der Waals surface area contributed by atoms with Gasteiger partial charge in [0.15, 0.2) is 11.7 Å². The number of carbonyl (C=O) groups is 2. The number of anilines is 2. The zero-order chi connectivity index (χ0) is 15.5. The van der Waals surface area contributed by atoms with E-state index in [-0.39, 0.29) is 25.0 Å². The summed E-state index contributed by atoms with van der Waals surface area (Å²) < 4.78 is 10.1. The molecule has 1 aromatic heterocycles. The Labute approximate surface area is 130 Å². The second-order valence-electron chi connectivity index (χ2n) is 4.57. The van der Waals surface area contributed by atoms with Crippen molar-refractivity contribution in [3.05, 3.63) is 23.6 Å². The van der Waals surface area contributed by atoms with Gasteiger partial charge in [0.25, 0.3) is 11.8 Å². The zero-order valence-electron chi connectivity index (χ0n) is 11.7. The maximum absolute atomic E-state index is 11.5. The highest BCUT2D eigenvalue weighted by molar-refractivity contribution is 7.14. The molecule has 22 heavy (non-hydrogen) atoms. The Hall–Kier alpha value is -2.45. The van der Waals surface area contributed by atoms with Crippen molar-refractivity contribution in [2.24, 2.45) is 0 Å². The Balaban J connectivity index is 1.80. The van der Waals surface area contributed by atoms with Crippen LogP contribution < -0.4 is 15.4 Å². The normalized spacial score (nSPS) is 13.0. The first-order valence-electron chi connectivity index (χ1n) is 6.47. The van der Waals surface area contributed by atoms with Gasteiger partial charge in [-0.1, -0.05) is 0 Å². The monoisotopic (exact) mass is 319 g/mol. The van der Waals surface area contributed by atoms with Crippen LogP contribution in [0.5, 0.6) is 5.75 Å². The average molecular weight is 319 g/mol. The van der Waals surface area contributed by atoms with Gasteiger partial charge >= 0.3 is 0 Å². The molecule has 2 heterocycles. The van der Waals surface area contributed by atoms with Crippen molar-refractivity contribution in [1.82, 2.24) is 4.98 Å². The van der Waals surface area contributed by atoms with Crippen molar-refractivity contribution < 1.29 is 19.1 Å². The number of rotatable bonds is 4. The van der Waals surface area contributed by atoms with Gasteiger partial charge in [0.1, 0.15) is 12.4 Å². The predicted octanol–water partition coefficient (Wildman–Crippen LogP) is 1.73. The topological polar surface area (TPSA) is 89.5 Å². The average Bonchev–Trinajstić information content (AvgIpc) is 2.95. The molecule has 2 N–H and O–H groups in total. The van der Waals surface area contributed by atoms with E-state index in [1.165, 1.54) is 18.4 Å². The van der Waals surface area contributed by atoms with E-state index < -0.39 is 0 Å². The Morgan fingerprint density at radius 1 is 1.55 bits per heavy atom. The predicted molar refractivity (Wildman–Crippen MR) is 82.2 cm³/mol. The van der Waals surface area contributed by atoms with Gasteiger partial charge in [-0.15, -0.1) is 11.3 Å². The van der Waals surface area contributed by atoms with Crippen LogP contribution in [-0.2, 0) is 14.3 Å². The molecule has 3 rings (SSSR count). The number of hydrogen-bond donors (Lipinski definition) is 2. The van der Waals surface area contributed by atoms with Crippen molar-refractivity contribution in [3.8, 4) is 17.0 Å². The van der Waals surface area contributed by atoms with E-state index >= 15 is 0 Å². The van der Waals surface area contributed by atoms with Crippen LogP contribution in [0.3, 0.4) is 0 Å². The van der Waals surface area contributed by atoms with Gasteiger partial charge in [-0.25, -0.2) is 4.98 Å². The molecule has 0 bridgehead atoms. The molecule has 7 nitrogen and oxygen atoms in total. The van der Waals surface area contributed by atoms with E-state index in [0.29, 0.717) is 22.3 Å². The van der Waals surface area contributed by atoms with Gasteiger partial charge < -0.3 is 14.8 Å². The van der Waals surface area contributed by atoms with Crippen molar-refractivity contribution in [2.75, 3.05) is 31.0 Å². The van der Waals surface area contributed by atoms with Crippen LogP contribution in [0.25, 0.3) is 11.3 Å². The highest BCUT2D eigenvalue weighted by atomic mass is 32.1. The summed E-state index contributed by atoms with van der Waals surface area (Å²) in [4.78, 5) is 27.2. The number of hydrogen-bond acceptors (Lipinski definition) is 6. The van der Waals surface area contributed by atoms with Crippen LogP contribution in [0.15, 0.2) is 23.6 Å². The fourth-order valence-corrected chi connectivity index (χ4v) is 2.73. The van der Waals surface area contributed by atoms with Crippen LogP contribution in [-0.4, -0.2) is 37.1 Å². The number of nitrogens with one attached hydrogen (secondary N) is 2. The second kappa shape index (κ2) is 6.12. The minimum absolute atomic E-state index is 0.0167. The molecule has 0 fully saturated rings. The molecule has 114 valence electrons. The zero-order valence-corrected chi connectivity index (χ0v) is 12.5. The van der Waals surface area contributed by atoms with Crippen molar-refractivity contribution in [1.29, 1.82) is 0 Å². The standard InChI is InChI=1S/C14H13N3O4S/c1-20-5-12(18)17-14-16-10(7-22-14)8-2-3-11-9(4-8)15-13(19)6-21-11/h2-4,7H,5-6H2,1H3,(H,15,19)(H,16,17,18). The molecule has 0 aliphatic carbocycles. The molecular weight excluding hydrogens is 306 g/mol. The molecule has 2 amide bonds. The number of methoxy groups -OCH3 is 1. The lowest BCUT2D eigenvalue weighted by atomic mass is 10.1. The molecule has 8 heteroatoms.